The molecule has 2 atom stereocenters. The summed E-state index contributed by atoms with van der Waals surface area (Å²) in [7, 11) is 0. The lowest BCUT2D eigenvalue weighted by Crippen LogP contribution is -2.31. The molecule has 2 bridgehead atoms. The molecule has 11 heavy (non-hydrogen) atoms. The lowest BCUT2D eigenvalue weighted by molar-refractivity contribution is -0.126. The summed E-state index contributed by atoms with van der Waals surface area (Å²) < 4.78 is 5.48. The fourth-order valence-electron chi connectivity index (χ4n) is 1.68. The van der Waals surface area contributed by atoms with Crippen molar-refractivity contribution in [1.82, 2.24) is 0 Å². The third kappa shape index (κ3) is 0.792. The number of hydrogen-bond donors (Lipinski definition) is 0. The second kappa shape index (κ2) is 2.05. The number of carbonyl (C=O) groups is 1. The van der Waals surface area contributed by atoms with Crippen LogP contribution in [0.2, 0.25) is 0 Å². The number of fused-ring (bicyclic) bond motifs is 2. The molecule has 0 aromatic rings. The quantitative estimate of drug-likeness (QED) is 0.553. The average molecular weight is 150 g/mol. The molecular weight excluding hydrogens is 140 g/mol. The molecule has 2 rings (SSSR count). The SMILES string of the molecule is C=CC[C@]12C=C[C@H](CC1=O)O2. The van der Waals surface area contributed by atoms with Crippen LogP contribution in [0.5, 0.6) is 0 Å². The highest BCUT2D eigenvalue weighted by Gasteiger charge is 2.48. The molecule has 0 aliphatic carbocycles. The van der Waals surface area contributed by atoms with Crippen LogP contribution in [0, 0.1) is 0 Å². The van der Waals surface area contributed by atoms with Gasteiger partial charge in [-0.05, 0) is 6.08 Å². The standard InChI is InChI=1S/C9H10O2/c1-2-4-9-5-3-7(11-9)6-8(9)10/h2-3,5,7H,1,4,6H2/t7-,9+/m1/s1. The van der Waals surface area contributed by atoms with Crippen molar-refractivity contribution in [3.8, 4) is 0 Å². The zero-order chi connectivity index (χ0) is 7.90. The van der Waals surface area contributed by atoms with E-state index in [2.05, 4.69) is 6.58 Å². The second-order valence-corrected chi connectivity index (χ2v) is 3.03. The first kappa shape index (κ1) is 6.80. The van der Waals surface area contributed by atoms with Crippen LogP contribution in [-0.2, 0) is 9.53 Å². The zero-order valence-corrected chi connectivity index (χ0v) is 6.25. The summed E-state index contributed by atoms with van der Waals surface area (Å²) in [6.45, 7) is 3.60. The van der Waals surface area contributed by atoms with Crippen LogP contribution < -0.4 is 0 Å². The minimum absolute atomic E-state index is 0.0439. The second-order valence-electron chi connectivity index (χ2n) is 3.03. The Bertz CT molecular complexity index is 242. The van der Waals surface area contributed by atoms with Gasteiger partial charge in [0.2, 0.25) is 0 Å². The highest BCUT2D eigenvalue weighted by atomic mass is 16.5. The summed E-state index contributed by atoms with van der Waals surface area (Å²) in [6, 6.07) is 0. The van der Waals surface area contributed by atoms with Crippen LogP contribution in [0.3, 0.4) is 0 Å². The molecule has 2 heterocycles. The Labute approximate surface area is 65.5 Å². The van der Waals surface area contributed by atoms with E-state index in [1.807, 2.05) is 12.2 Å². The van der Waals surface area contributed by atoms with E-state index in [4.69, 9.17) is 4.74 Å². The topological polar surface area (TPSA) is 26.3 Å². The van der Waals surface area contributed by atoms with E-state index in [0.29, 0.717) is 12.8 Å². The summed E-state index contributed by atoms with van der Waals surface area (Å²) >= 11 is 0. The van der Waals surface area contributed by atoms with E-state index >= 15 is 0 Å². The smallest absolute Gasteiger partial charge is 0.171 e. The van der Waals surface area contributed by atoms with Gasteiger partial charge in [0, 0.05) is 12.8 Å². The first-order valence-corrected chi connectivity index (χ1v) is 3.78. The van der Waals surface area contributed by atoms with E-state index < -0.39 is 5.60 Å². The number of hydrogen-bond acceptors (Lipinski definition) is 2. The molecule has 2 nitrogen and oxygen atoms in total. The summed E-state index contributed by atoms with van der Waals surface area (Å²) in [5.74, 6) is 0.199. The Balaban J connectivity index is 2.30. The number of Topliss-reactive ketones (excluding diaryl/α,β-unsaturated/α-hetero) is 1. The highest BCUT2D eigenvalue weighted by molar-refractivity contribution is 5.93. The first-order chi connectivity index (χ1) is 5.27. The minimum atomic E-state index is -0.619. The van der Waals surface area contributed by atoms with Crippen LogP contribution in [0.4, 0.5) is 0 Å². The molecule has 58 valence electrons. The molecule has 1 saturated heterocycles. The maximum absolute atomic E-state index is 11.3. The molecule has 2 aliphatic heterocycles. The molecule has 0 saturated carbocycles. The lowest BCUT2D eigenvalue weighted by atomic mass is 9.90. The van der Waals surface area contributed by atoms with Crippen LogP contribution in [0.25, 0.3) is 0 Å². The van der Waals surface area contributed by atoms with Crippen LogP contribution >= 0.6 is 0 Å². The van der Waals surface area contributed by atoms with Crippen molar-refractivity contribution >= 4 is 5.78 Å². The Kier molecular flexibility index (Phi) is 1.26. The van der Waals surface area contributed by atoms with Gasteiger partial charge in [-0.2, -0.15) is 0 Å². The Morgan fingerprint density at radius 1 is 1.91 bits per heavy atom. The predicted octanol–water partition coefficient (Wildman–Crippen LogP) is 1.23. The van der Waals surface area contributed by atoms with E-state index in [9.17, 15) is 4.79 Å². The molecule has 2 heteroatoms. The van der Waals surface area contributed by atoms with Gasteiger partial charge in [-0.3, -0.25) is 4.79 Å². The largest absolute Gasteiger partial charge is 0.355 e. The summed E-state index contributed by atoms with van der Waals surface area (Å²) in [4.78, 5) is 11.3. The van der Waals surface area contributed by atoms with Crippen molar-refractivity contribution in [2.45, 2.75) is 24.5 Å². The third-order valence-electron chi connectivity index (χ3n) is 2.25. The fourth-order valence-corrected chi connectivity index (χ4v) is 1.68. The molecule has 2 aliphatic rings. The molecule has 0 aromatic heterocycles. The first-order valence-electron chi connectivity index (χ1n) is 3.78. The van der Waals surface area contributed by atoms with Crippen LogP contribution in [-0.4, -0.2) is 17.5 Å². The van der Waals surface area contributed by atoms with Crippen molar-refractivity contribution in [2.24, 2.45) is 0 Å². The molecular formula is C9H10O2. The minimum Gasteiger partial charge on any atom is -0.355 e. The number of ketones is 1. The summed E-state index contributed by atoms with van der Waals surface area (Å²) in [5, 5.41) is 0. The van der Waals surface area contributed by atoms with Gasteiger partial charge in [0.05, 0.1) is 6.10 Å². The van der Waals surface area contributed by atoms with Crippen molar-refractivity contribution in [3.63, 3.8) is 0 Å². The van der Waals surface area contributed by atoms with Gasteiger partial charge >= 0.3 is 0 Å². The zero-order valence-electron chi connectivity index (χ0n) is 6.25. The molecule has 0 amide bonds. The van der Waals surface area contributed by atoms with Gasteiger partial charge in [-0.25, -0.2) is 0 Å². The van der Waals surface area contributed by atoms with E-state index in [0.717, 1.165) is 0 Å². The molecule has 0 aromatic carbocycles. The van der Waals surface area contributed by atoms with Gasteiger partial charge in [0.1, 0.15) is 5.60 Å². The van der Waals surface area contributed by atoms with Gasteiger partial charge in [0.25, 0.3) is 0 Å². The van der Waals surface area contributed by atoms with Gasteiger partial charge in [-0.15, -0.1) is 6.58 Å². The summed E-state index contributed by atoms with van der Waals surface area (Å²) in [6.07, 6.45) is 6.76. The monoisotopic (exact) mass is 150 g/mol. The summed E-state index contributed by atoms with van der Waals surface area (Å²) in [5.41, 5.74) is -0.619. The number of rotatable bonds is 2. The molecule has 0 radical (unpaired) electrons. The average Bonchev–Trinajstić information content (AvgIpc) is 2.45. The highest BCUT2D eigenvalue weighted by Crippen LogP contribution is 2.37. The van der Waals surface area contributed by atoms with Crippen LogP contribution in [0.1, 0.15) is 12.8 Å². The number of ether oxygens (including phenoxy) is 1. The van der Waals surface area contributed by atoms with Crippen molar-refractivity contribution in [1.29, 1.82) is 0 Å². The van der Waals surface area contributed by atoms with Gasteiger partial charge < -0.3 is 4.74 Å². The normalized spacial score (nSPS) is 40.0. The van der Waals surface area contributed by atoms with Crippen LogP contribution in [0.15, 0.2) is 24.8 Å². The Morgan fingerprint density at radius 2 is 2.73 bits per heavy atom. The van der Waals surface area contributed by atoms with Crippen molar-refractivity contribution in [2.75, 3.05) is 0 Å². The van der Waals surface area contributed by atoms with E-state index in [1.165, 1.54) is 0 Å². The fraction of sp³-hybridized carbons (Fsp3) is 0.444. The Morgan fingerprint density at radius 3 is 3.18 bits per heavy atom. The third-order valence-corrected chi connectivity index (χ3v) is 2.25. The number of carbonyl (C=O) groups excluding carboxylic acids is 1. The van der Waals surface area contributed by atoms with Crippen molar-refractivity contribution < 1.29 is 9.53 Å². The van der Waals surface area contributed by atoms with Gasteiger partial charge in [-0.1, -0.05) is 12.2 Å². The lowest BCUT2D eigenvalue weighted by Gasteiger charge is -2.17. The molecule has 1 fully saturated rings. The maximum atomic E-state index is 11.3. The molecule has 0 spiro atoms. The molecule has 0 N–H and O–H groups in total. The van der Waals surface area contributed by atoms with E-state index in [1.54, 1.807) is 6.08 Å². The predicted molar refractivity (Wildman–Crippen MR) is 41.2 cm³/mol. The van der Waals surface area contributed by atoms with Crippen molar-refractivity contribution in [3.05, 3.63) is 24.8 Å². The Hall–Kier alpha value is -0.890. The molecule has 0 unspecified atom stereocenters. The maximum Gasteiger partial charge on any atom is 0.171 e. The van der Waals surface area contributed by atoms with E-state index in [-0.39, 0.29) is 11.9 Å². The van der Waals surface area contributed by atoms with Gasteiger partial charge in [0.15, 0.2) is 5.78 Å².